The fraction of sp³-hybridized carbons (Fsp3) is 0.273. The second-order valence-corrected chi connectivity index (χ2v) is 3.90. The van der Waals surface area contributed by atoms with E-state index in [0.29, 0.717) is 18.2 Å². The molecule has 1 aromatic heterocycles. The van der Waals surface area contributed by atoms with Gasteiger partial charge >= 0.3 is 6.18 Å². The van der Waals surface area contributed by atoms with E-state index in [1.54, 1.807) is 0 Å². The number of aromatic nitrogens is 2. The highest BCUT2D eigenvalue weighted by Gasteiger charge is 2.30. The highest BCUT2D eigenvalue weighted by Crippen LogP contribution is 2.31. The molecule has 0 bridgehead atoms. The van der Waals surface area contributed by atoms with Crippen LogP contribution in [0, 0.1) is 0 Å². The first-order valence-corrected chi connectivity index (χ1v) is 5.60. The number of hydrogen-bond donors (Lipinski definition) is 0. The smallest absolute Gasteiger partial charge is 0.416 e. The van der Waals surface area contributed by atoms with Crippen LogP contribution in [-0.2, 0) is 12.6 Å². The zero-order valence-electron chi connectivity index (χ0n) is 9.04. The number of alkyl halides is 4. The third-order valence-electron chi connectivity index (χ3n) is 2.21. The van der Waals surface area contributed by atoms with Gasteiger partial charge in [0, 0.05) is 17.9 Å². The number of rotatable bonds is 3. The van der Waals surface area contributed by atoms with E-state index in [0.717, 1.165) is 12.1 Å². The van der Waals surface area contributed by atoms with Crippen LogP contribution in [0.2, 0.25) is 0 Å². The molecule has 2 aromatic rings. The molecule has 0 unspecified atom stereocenters. The summed E-state index contributed by atoms with van der Waals surface area (Å²) in [7, 11) is 0. The molecule has 0 atom stereocenters. The zero-order chi connectivity index (χ0) is 13.2. The van der Waals surface area contributed by atoms with Crippen LogP contribution in [0.25, 0.3) is 11.5 Å². The summed E-state index contributed by atoms with van der Waals surface area (Å²) in [6.07, 6.45) is -4.01. The molecule has 1 heterocycles. The molecule has 0 saturated carbocycles. The van der Waals surface area contributed by atoms with Gasteiger partial charge in [0.15, 0.2) is 0 Å². The molecule has 0 saturated heterocycles. The Bertz CT molecular complexity index is 539. The Labute approximate surface area is 106 Å². The summed E-state index contributed by atoms with van der Waals surface area (Å²) in [4.78, 5) is 0. The first-order valence-electron chi connectivity index (χ1n) is 5.06. The number of nitrogens with zero attached hydrogens (tertiary/aromatic N) is 2. The van der Waals surface area contributed by atoms with Gasteiger partial charge in [-0.05, 0) is 18.2 Å². The van der Waals surface area contributed by atoms with Crippen molar-refractivity contribution in [1.29, 1.82) is 0 Å². The van der Waals surface area contributed by atoms with Gasteiger partial charge in [-0.2, -0.15) is 13.2 Å². The molecule has 7 heteroatoms. The lowest BCUT2D eigenvalue weighted by molar-refractivity contribution is -0.137. The van der Waals surface area contributed by atoms with Gasteiger partial charge in [0.05, 0.1) is 5.56 Å². The number of benzene rings is 1. The average Bonchev–Trinajstić information content (AvgIpc) is 2.77. The van der Waals surface area contributed by atoms with Gasteiger partial charge in [0.25, 0.3) is 0 Å². The zero-order valence-corrected chi connectivity index (χ0v) is 9.79. The number of hydrogen-bond acceptors (Lipinski definition) is 3. The van der Waals surface area contributed by atoms with Gasteiger partial charge in [0.2, 0.25) is 11.8 Å². The predicted octanol–water partition coefficient (Wildman–Crippen LogP) is 3.54. The molecule has 0 aliphatic heterocycles. The maximum atomic E-state index is 12.5. The number of aryl methyl sites for hydroxylation is 1. The average molecular weight is 277 g/mol. The lowest BCUT2D eigenvalue weighted by atomic mass is 10.1. The van der Waals surface area contributed by atoms with E-state index >= 15 is 0 Å². The molecule has 0 aliphatic rings. The molecule has 0 amide bonds. The molecule has 0 radical (unpaired) electrons. The fourth-order valence-electron chi connectivity index (χ4n) is 1.38. The van der Waals surface area contributed by atoms with E-state index in [2.05, 4.69) is 10.2 Å². The first-order chi connectivity index (χ1) is 8.50. The molecule has 0 N–H and O–H groups in total. The maximum absolute atomic E-state index is 12.5. The van der Waals surface area contributed by atoms with E-state index in [1.807, 2.05) is 0 Å². The topological polar surface area (TPSA) is 38.9 Å². The predicted molar refractivity (Wildman–Crippen MR) is 59.2 cm³/mol. The van der Waals surface area contributed by atoms with Gasteiger partial charge in [-0.15, -0.1) is 21.8 Å². The molecule has 0 fully saturated rings. The van der Waals surface area contributed by atoms with Crippen molar-refractivity contribution in [2.24, 2.45) is 0 Å². The standard InChI is InChI=1S/C11H8ClF3N2O/c12-5-4-9-16-17-10(18-9)7-2-1-3-8(6-7)11(13,14)15/h1-3,6H,4-5H2. The Hall–Kier alpha value is -1.56. The summed E-state index contributed by atoms with van der Waals surface area (Å²) in [5, 5.41) is 7.38. The first kappa shape index (κ1) is 12.9. The Morgan fingerprint density at radius 2 is 2.00 bits per heavy atom. The SMILES string of the molecule is FC(F)(F)c1cccc(-c2nnc(CCCl)o2)c1. The fourth-order valence-corrected chi connectivity index (χ4v) is 1.54. The molecule has 96 valence electrons. The van der Waals surface area contributed by atoms with Gasteiger partial charge in [-0.1, -0.05) is 6.07 Å². The molecular formula is C11H8ClF3N2O. The highest BCUT2D eigenvalue weighted by molar-refractivity contribution is 6.17. The van der Waals surface area contributed by atoms with Crippen molar-refractivity contribution in [3.05, 3.63) is 35.7 Å². The van der Waals surface area contributed by atoms with Gasteiger partial charge in [-0.25, -0.2) is 0 Å². The minimum atomic E-state index is -4.39. The normalized spacial score (nSPS) is 11.8. The largest absolute Gasteiger partial charge is 0.421 e. The van der Waals surface area contributed by atoms with Crippen LogP contribution in [0.3, 0.4) is 0 Å². The molecule has 0 spiro atoms. The van der Waals surface area contributed by atoms with Gasteiger partial charge < -0.3 is 4.42 Å². The summed E-state index contributed by atoms with van der Waals surface area (Å²) in [5.74, 6) is 0.670. The Kier molecular flexibility index (Phi) is 3.56. The summed E-state index contributed by atoms with van der Waals surface area (Å²) in [5.41, 5.74) is -0.518. The van der Waals surface area contributed by atoms with Crippen molar-refractivity contribution in [2.45, 2.75) is 12.6 Å². The van der Waals surface area contributed by atoms with Crippen LogP contribution in [0.4, 0.5) is 13.2 Å². The van der Waals surface area contributed by atoms with E-state index < -0.39 is 11.7 Å². The lowest BCUT2D eigenvalue weighted by Crippen LogP contribution is -2.04. The van der Waals surface area contributed by atoms with Crippen LogP contribution >= 0.6 is 11.6 Å². The Morgan fingerprint density at radius 1 is 1.22 bits per heavy atom. The van der Waals surface area contributed by atoms with E-state index in [4.69, 9.17) is 16.0 Å². The van der Waals surface area contributed by atoms with E-state index in [1.165, 1.54) is 12.1 Å². The minimum Gasteiger partial charge on any atom is -0.421 e. The highest BCUT2D eigenvalue weighted by atomic mass is 35.5. The van der Waals surface area contributed by atoms with Crippen LogP contribution in [0.5, 0.6) is 0 Å². The third kappa shape index (κ3) is 2.81. The van der Waals surface area contributed by atoms with Crippen molar-refractivity contribution >= 4 is 11.6 Å². The summed E-state index contributed by atoms with van der Waals surface area (Å²) in [6.45, 7) is 0. The monoisotopic (exact) mass is 276 g/mol. The van der Waals surface area contributed by atoms with Crippen LogP contribution in [0.1, 0.15) is 11.5 Å². The van der Waals surface area contributed by atoms with Gasteiger partial charge in [0.1, 0.15) is 0 Å². The molecule has 2 rings (SSSR count). The van der Waals surface area contributed by atoms with Crippen molar-refractivity contribution in [2.75, 3.05) is 5.88 Å². The minimum absolute atomic E-state index is 0.0567. The van der Waals surface area contributed by atoms with Crippen molar-refractivity contribution in [3.63, 3.8) is 0 Å². The summed E-state index contributed by atoms with van der Waals surface area (Å²) >= 11 is 5.50. The van der Waals surface area contributed by atoms with Crippen molar-refractivity contribution in [1.82, 2.24) is 10.2 Å². The van der Waals surface area contributed by atoms with Crippen LogP contribution < -0.4 is 0 Å². The van der Waals surface area contributed by atoms with Gasteiger partial charge in [-0.3, -0.25) is 0 Å². The number of halogens is 4. The van der Waals surface area contributed by atoms with E-state index in [9.17, 15) is 13.2 Å². The lowest BCUT2D eigenvalue weighted by Gasteiger charge is -2.06. The molecule has 0 aliphatic carbocycles. The van der Waals surface area contributed by atoms with Crippen molar-refractivity contribution in [3.8, 4) is 11.5 Å². The molecule has 18 heavy (non-hydrogen) atoms. The quantitative estimate of drug-likeness (QED) is 0.805. The third-order valence-corrected chi connectivity index (χ3v) is 2.40. The van der Waals surface area contributed by atoms with Crippen LogP contribution in [-0.4, -0.2) is 16.1 Å². The second-order valence-electron chi connectivity index (χ2n) is 3.52. The summed E-state index contributed by atoms with van der Waals surface area (Å²) < 4.78 is 42.8. The second kappa shape index (κ2) is 4.97. The molecule has 3 nitrogen and oxygen atoms in total. The van der Waals surface area contributed by atoms with Crippen LogP contribution in [0.15, 0.2) is 28.7 Å². The Balaban J connectivity index is 2.32. The van der Waals surface area contributed by atoms with Crippen molar-refractivity contribution < 1.29 is 17.6 Å². The molecule has 1 aromatic carbocycles. The van der Waals surface area contributed by atoms with E-state index in [-0.39, 0.29) is 11.5 Å². The maximum Gasteiger partial charge on any atom is 0.416 e. The Morgan fingerprint density at radius 3 is 2.67 bits per heavy atom. The molecular weight excluding hydrogens is 269 g/mol. The summed E-state index contributed by atoms with van der Waals surface area (Å²) in [6, 6.07) is 4.73.